The maximum absolute atomic E-state index is 11.2. The van der Waals surface area contributed by atoms with E-state index in [1.54, 1.807) is 6.07 Å². The molecule has 5 heteroatoms. The van der Waals surface area contributed by atoms with Crippen molar-refractivity contribution in [2.75, 3.05) is 7.11 Å². The van der Waals surface area contributed by atoms with E-state index in [1.165, 1.54) is 13.2 Å². The fraction of sp³-hybridized carbons (Fsp3) is 0.111. The van der Waals surface area contributed by atoms with Gasteiger partial charge >= 0.3 is 5.97 Å². The van der Waals surface area contributed by atoms with Gasteiger partial charge in [0.15, 0.2) is 0 Å². The van der Waals surface area contributed by atoms with Gasteiger partial charge in [0.05, 0.1) is 23.3 Å². The summed E-state index contributed by atoms with van der Waals surface area (Å²) in [5.41, 5.74) is 0.626. The number of nitriles is 1. The molecule has 0 saturated heterocycles. The van der Waals surface area contributed by atoms with Crippen molar-refractivity contribution in [3.63, 3.8) is 0 Å². The Balaban J connectivity index is 3.33. The summed E-state index contributed by atoms with van der Waals surface area (Å²) < 4.78 is 5.23. The van der Waals surface area contributed by atoms with E-state index in [2.05, 4.69) is 4.74 Å². The summed E-state index contributed by atoms with van der Waals surface area (Å²) in [4.78, 5) is 11.2. The lowest BCUT2D eigenvalue weighted by Crippen LogP contribution is -2.04. The van der Waals surface area contributed by atoms with E-state index < -0.39 is 5.97 Å². The normalized spacial score (nSPS) is 9.29. The average molecular weight is 322 g/mol. The van der Waals surface area contributed by atoms with Crippen LogP contribution in [0.4, 0.5) is 0 Å². The highest BCUT2D eigenvalue weighted by molar-refractivity contribution is 14.1. The molecule has 0 saturated carbocycles. The van der Waals surface area contributed by atoms with Crippen LogP contribution in [0.1, 0.15) is 15.9 Å². The first-order valence-corrected chi connectivity index (χ1v) is 5.03. The Morgan fingerprint density at radius 2 is 2.29 bits per heavy atom. The van der Waals surface area contributed by atoms with Gasteiger partial charge < -0.3 is 4.74 Å². The van der Waals surface area contributed by atoms with Gasteiger partial charge in [-0.15, -0.1) is 0 Å². The number of ether oxygens (including phenoxy) is 1. The molecule has 14 heavy (non-hydrogen) atoms. The molecule has 0 radical (unpaired) electrons. The molecule has 0 aliphatic carbocycles. The number of methoxy groups -OCH3 is 1. The monoisotopic (exact) mass is 321 g/mol. The second kappa shape index (κ2) is 4.62. The zero-order valence-corrected chi connectivity index (χ0v) is 10.1. The zero-order valence-electron chi connectivity index (χ0n) is 7.17. The highest BCUT2D eigenvalue weighted by atomic mass is 127. The molecular weight excluding hydrogens is 316 g/mol. The van der Waals surface area contributed by atoms with Gasteiger partial charge in [0.25, 0.3) is 0 Å². The first-order valence-electron chi connectivity index (χ1n) is 3.57. The summed E-state index contributed by atoms with van der Waals surface area (Å²) in [5.74, 6) is -0.470. The number of benzene rings is 1. The smallest absolute Gasteiger partial charge is 0.338 e. The van der Waals surface area contributed by atoms with Gasteiger partial charge in [-0.25, -0.2) is 4.79 Å². The summed E-state index contributed by atoms with van der Waals surface area (Å²) >= 11 is 7.73. The predicted octanol–water partition coefficient (Wildman–Crippen LogP) is 2.60. The fourth-order valence-electron chi connectivity index (χ4n) is 0.901. The van der Waals surface area contributed by atoms with Crippen LogP contribution in [0.25, 0.3) is 0 Å². The topological polar surface area (TPSA) is 50.1 Å². The number of hydrogen-bond acceptors (Lipinski definition) is 3. The Morgan fingerprint density at radius 3 is 2.79 bits per heavy atom. The highest BCUT2D eigenvalue weighted by Crippen LogP contribution is 2.22. The molecule has 0 bridgehead atoms. The number of hydrogen-bond donors (Lipinski definition) is 0. The van der Waals surface area contributed by atoms with E-state index >= 15 is 0 Å². The molecule has 1 aromatic carbocycles. The van der Waals surface area contributed by atoms with Crippen molar-refractivity contribution in [2.24, 2.45) is 0 Å². The van der Waals surface area contributed by atoms with Crippen LogP contribution in [0.2, 0.25) is 5.02 Å². The third-order valence-electron chi connectivity index (χ3n) is 1.58. The quantitative estimate of drug-likeness (QED) is 0.590. The molecule has 0 aromatic heterocycles. The van der Waals surface area contributed by atoms with Crippen LogP contribution in [-0.4, -0.2) is 13.1 Å². The minimum Gasteiger partial charge on any atom is -0.465 e. The molecule has 0 amide bonds. The SMILES string of the molecule is COC(=O)c1cc(C#N)c(Cl)cc1I. The maximum Gasteiger partial charge on any atom is 0.338 e. The average Bonchev–Trinajstić information content (AvgIpc) is 2.17. The Kier molecular flexibility index (Phi) is 3.72. The predicted molar refractivity (Wildman–Crippen MR) is 60.2 cm³/mol. The third-order valence-corrected chi connectivity index (χ3v) is 2.79. The molecule has 0 heterocycles. The zero-order chi connectivity index (χ0) is 10.7. The maximum atomic E-state index is 11.2. The van der Waals surface area contributed by atoms with Crippen molar-refractivity contribution >= 4 is 40.2 Å². The second-order valence-corrected chi connectivity index (χ2v) is 3.98. The van der Waals surface area contributed by atoms with Crippen LogP contribution in [0.3, 0.4) is 0 Å². The summed E-state index contributed by atoms with van der Waals surface area (Å²) in [6, 6.07) is 4.89. The molecular formula is C9H5ClINO2. The number of rotatable bonds is 1. The largest absolute Gasteiger partial charge is 0.465 e. The molecule has 3 nitrogen and oxygen atoms in total. The molecule has 0 spiro atoms. The minimum absolute atomic E-state index is 0.271. The lowest BCUT2D eigenvalue weighted by atomic mass is 10.1. The van der Waals surface area contributed by atoms with Crippen LogP contribution in [0.15, 0.2) is 12.1 Å². The Bertz CT molecular complexity index is 426. The number of carbonyl (C=O) groups excluding carboxylic acids is 1. The first kappa shape index (κ1) is 11.3. The summed E-state index contributed by atoms with van der Waals surface area (Å²) in [5, 5.41) is 9.04. The number of halogens is 2. The Labute approximate surface area is 99.8 Å². The molecule has 0 aliphatic heterocycles. The molecule has 1 aromatic rings. The van der Waals surface area contributed by atoms with Crippen LogP contribution in [0, 0.1) is 14.9 Å². The van der Waals surface area contributed by atoms with Gasteiger partial charge in [0, 0.05) is 3.57 Å². The molecule has 0 aliphatic rings. The standard InChI is InChI=1S/C9H5ClINO2/c1-14-9(13)6-2-5(4-12)7(10)3-8(6)11/h2-3H,1H3. The van der Waals surface area contributed by atoms with Crippen LogP contribution < -0.4 is 0 Å². The third kappa shape index (κ3) is 2.16. The Hall–Kier alpha value is -0.800. The molecule has 0 unspecified atom stereocenters. The Morgan fingerprint density at radius 1 is 1.64 bits per heavy atom. The van der Waals surface area contributed by atoms with Gasteiger partial charge in [0.1, 0.15) is 6.07 Å². The summed E-state index contributed by atoms with van der Waals surface area (Å²) in [6.07, 6.45) is 0. The van der Waals surface area contributed by atoms with Crippen molar-refractivity contribution < 1.29 is 9.53 Å². The number of carbonyl (C=O) groups is 1. The van der Waals surface area contributed by atoms with E-state index in [0.29, 0.717) is 14.2 Å². The van der Waals surface area contributed by atoms with Crippen LogP contribution in [-0.2, 0) is 4.74 Å². The van der Waals surface area contributed by atoms with E-state index in [4.69, 9.17) is 16.9 Å². The van der Waals surface area contributed by atoms with Gasteiger partial charge in [-0.1, -0.05) is 11.6 Å². The van der Waals surface area contributed by atoms with Gasteiger partial charge in [-0.05, 0) is 34.7 Å². The lowest BCUT2D eigenvalue weighted by Gasteiger charge is -2.03. The summed E-state index contributed by atoms with van der Waals surface area (Å²) in [7, 11) is 1.29. The van der Waals surface area contributed by atoms with Gasteiger partial charge in [-0.2, -0.15) is 5.26 Å². The van der Waals surface area contributed by atoms with Crippen molar-refractivity contribution in [2.45, 2.75) is 0 Å². The van der Waals surface area contributed by atoms with E-state index in [9.17, 15) is 4.79 Å². The van der Waals surface area contributed by atoms with E-state index in [0.717, 1.165) is 0 Å². The van der Waals surface area contributed by atoms with Crippen molar-refractivity contribution in [3.8, 4) is 6.07 Å². The molecule has 0 fully saturated rings. The number of esters is 1. The second-order valence-electron chi connectivity index (χ2n) is 2.42. The fourth-order valence-corrected chi connectivity index (χ4v) is 1.98. The minimum atomic E-state index is -0.470. The highest BCUT2D eigenvalue weighted by Gasteiger charge is 2.13. The first-order chi connectivity index (χ1) is 6.60. The lowest BCUT2D eigenvalue weighted by molar-refractivity contribution is 0.0599. The van der Waals surface area contributed by atoms with Crippen LogP contribution >= 0.6 is 34.2 Å². The van der Waals surface area contributed by atoms with Crippen molar-refractivity contribution in [1.29, 1.82) is 5.26 Å². The summed E-state index contributed by atoms with van der Waals surface area (Å²) in [6.45, 7) is 0. The van der Waals surface area contributed by atoms with Gasteiger partial charge in [0.2, 0.25) is 0 Å². The number of nitrogens with zero attached hydrogens (tertiary/aromatic N) is 1. The molecule has 0 N–H and O–H groups in total. The van der Waals surface area contributed by atoms with E-state index in [-0.39, 0.29) is 5.56 Å². The van der Waals surface area contributed by atoms with Gasteiger partial charge in [-0.3, -0.25) is 0 Å². The molecule has 1 rings (SSSR count). The van der Waals surface area contributed by atoms with Crippen LogP contribution in [0.5, 0.6) is 0 Å². The van der Waals surface area contributed by atoms with Crippen molar-refractivity contribution in [3.05, 3.63) is 31.9 Å². The molecule has 72 valence electrons. The van der Waals surface area contributed by atoms with E-state index in [1.807, 2.05) is 28.7 Å². The molecule has 0 atom stereocenters. The van der Waals surface area contributed by atoms with Crippen molar-refractivity contribution in [1.82, 2.24) is 0 Å².